The molecule has 3 heterocycles. The van der Waals surface area contributed by atoms with Gasteiger partial charge in [0.05, 0.1) is 13.2 Å². The molecular formula is C29H56N2O7Si2. The zero-order valence-electron chi connectivity index (χ0n) is 27.4. The number of likely N-dealkylation sites (N-methyl/N-ethyl adjacent to an activating group) is 1. The minimum Gasteiger partial charge on any atom is -0.408 e. The van der Waals surface area contributed by atoms with E-state index in [1.54, 1.807) is 7.11 Å². The van der Waals surface area contributed by atoms with Crippen molar-refractivity contribution >= 4 is 22.1 Å². The fraction of sp³-hybridized carbons (Fsp3) is 0.897. The Morgan fingerprint density at radius 2 is 1.77 bits per heavy atom. The molecule has 4 rings (SSSR count). The first-order valence-corrected chi connectivity index (χ1v) is 21.3. The Bertz CT molecular complexity index is 928. The molecule has 3 unspecified atom stereocenters. The number of hydrogen-bond acceptors (Lipinski definition) is 9. The lowest BCUT2D eigenvalue weighted by molar-refractivity contribution is -0.510. The number of nitrogens with zero attached hydrogens (tertiary/aromatic N) is 2. The number of hydrazone groups is 1. The van der Waals surface area contributed by atoms with Crippen LogP contribution in [0.4, 0.5) is 0 Å². The molecule has 0 radical (unpaired) electrons. The van der Waals surface area contributed by atoms with E-state index in [0.29, 0.717) is 26.2 Å². The average Bonchev–Trinajstić information content (AvgIpc) is 2.80. The van der Waals surface area contributed by atoms with E-state index in [1.165, 1.54) is 5.57 Å². The fourth-order valence-corrected chi connectivity index (χ4v) is 7.10. The van der Waals surface area contributed by atoms with Crippen LogP contribution in [0.25, 0.3) is 0 Å². The summed E-state index contributed by atoms with van der Waals surface area (Å²) in [6, 6.07) is 1.07. The molecule has 232 valence electrons. The number of ether oxygens (including phenoxy) is 6. The summed E-state index contributed by atoms with van der Waals surface area (Å²) >= 11 is 0. The summed E-state index contributed by atoms with van der Waals surface area (Å²) < 4.78 is 44.8. The van der Waals surface area contributed by atoms with Crippen molar-refractivity contribution in [3.63, 3.8) is 0 Å². The predicted octanol–water partition coefficient (Wildman–Crippen LogP) is 5.61. The van der Waals surface area contributed by atoms with Crippen molar-refractivity contribution < 1.29 is 32.8 Å². The topological polar surface area (TPSA) is 80.2 Å². The Hall–Kier alpha value is -0.636. The molecule has 0 aromatic carbocycles. The Labute approximate surface area is 245 Å². The van der Waals surface area contributed by atoms with Crippen molar-refractivity contribution in [3.05, 3.63) is 11.6 Å². The lowest BCUT2D eigenvalue weighted by Gasteiger charge is -2.65. The third-order valence-electron chi connectivity index (χ3n) is 8.42. The van der Waals surface area contributed by atoms with Crippen LogP contribution < -0.4 is 0 Å². The van der Waals surface area contributed by atoms with Gasteiger partial charge in [0.2, 0.25) is 0 Å². The number of methoxy groups -OCH3 is 1. The molecule has 1 saturated carbocycles. The third-order valence-corrected chi connectivity index (χ3v) is 14.6. The molecule has 0 N–H and O–H groups in total. The second kappa shape index (κ2) is 12.5. The summed E-state index contributed by atoms with van der Waals surface area (Å²) in [6.07, 6.45) is 1.05. The van der Waals surface area contributed by atoms with Gasteiger partial charge in [-0.05, 0) is 38.0 Å². The Balaban J connectivity index is 2.06. The zero-order chi connectivity index (χ0) is 30.1. The van der Waals surface area contributed by atoms with Crippen LogP contribution in [0.15, 0.2) is 16.8 Å². The van der Waals surface area contributed by atoms with Crippen molar-refractivity contribution in [1.82, 2.24) is 5.01 Å². The summed E-state index contributed by atoms with van der Waals surface area (Å²) in [6.45, 7) is 26.3. The minimum absolute atomic E-state index is 0.00465. The summed E-state index contributed by atoms with van der Waals surface area (Å²) in [5.74, 6) is -1.22. The maximum absolute atomic E-state index is 7.07. The van der Waals surface area contributed by atoms with Gasteiger partial charge in [-0.3, -0.25) is 5.01 Å². The highest BCUT2D eigenvalue weighted by Crippen LogP contribution is 2.54. The molecule has 40 heavy (non-hydrogen) atoms. The molecule has 11 heteroatoms. The van der Waals surface area contributed by atoms with Gasteiger partial charge in [-0.1, -0.05) is 52.1 Å². The smallest absolute Gasteiger partial charge is 0.282 e. The third kappa shape index (κ3) is 7.65. The molecule has 1 aliphatic carbocycles. The quantitative estimate of drug-likeness (QED) is 0.0838. The van der Waals surface area contributed by atoms with Gasteiger partial charge >= 0.3 is 0 Å². The summed E-state index contributed by atoms with van der Waals surface area (Å²) in [5, 5.41) is 7.02. The molecule has 4 aliphatic rings. The summed E-state index contributed by atoms with van der Waals surface area (Å²) in [7, 11) is 0.199. The Morgan fingerprint density at radius 1 is 1.10 bits per heavy atom. The summed E-state index contributed by atoms with van der Waals surface area (Å²) in [4.78, 5) is 0. The van der Waals surface area contributed by atoms with E-state index in [9.17, 15) is 0 Å². The summed E-state index contributed by atoms with van der Waals surface area (Å²) in [5.41, 5.74) is 1.07. The van der Waals surface area contributed by atoms with Gasteiger partial charge in [0, 0.05) is 42.2 Å². The van der Waals surface area contributed by atoms with Crippen LogP contribution in [-0.2, 0) is 32.8 Å². The standard InChI is InChI=1S/C29H56N2O7Si2/c1-21(2)14-15-29-25(30-31(7)16-17-32-8)23-22(37-40(12,13)27(3,4)5)24(36-28(6,35-23)38-29)26(29)34-20-33-18-19-39(9,10)11/h14,22-24,26H,15-20H2,1-13H3/b30-25+/t22?,23-,24?,26+,28?,29+/m1/s1. The molecule has 0 amide bonds. The number of rotatable bonds is 14. The van der Waals surface area contributed by atoms with Crippen LogP contribution in [0, 0.1) is 0 Å². The number of allylic oxidation sites excluding steroid dienone is 1. The zero-order valence-corrected chi connectivity index (χ0v) is 29.4. The van der Waals surface area contributed by atoms with Crippen LogP contribution in [-0.4, -0.2) is 104 Å². The van der Waals surface area contributed by atoms with E-state index in [2.05, 4.69) is 73.4 Å². The van der Waals surface area contributed by atoms with Crippen molar-refractivity contribution in [1.29, 1.82) is 0 Å². The lowest BCUT2D eigenvalue weighted by Crippen LogP contribution is -2.83. The molecule has 4 fully saturated rings. The maximum Gasteiger partial charge on any atom is 0.282 e. The second-order valence-corrected chi connectivity index (χ2v) is 25.0. The van der Waals surface area contributed by atoms with Gasteiger partial charge in [0.1, 0.15) is 42.5 Å². The highest BCUT2D eigenvalue weighted by Gasteiger charge is 2.73. The Kier molecular flexibility index (Phi) is 10.6. The molecule has 9 nitrogen and oxygen atoms in total. The van der Waals surface area contributed by atoms with E-state index in [4.69, 9.17) is 37.9 Å². The molecule has 3 aliphatic heterocycles. The monoisotopic (exact) mass is 600 g/mol. The highest BCUT2D eigenvalue weighted by atomic mass is 28.4. The van der Waals surface area contributed by atoms with Crippen molar-refractivity contribution in [2.45, 2.75) is 128 Å². The fourth-order valence-electron chi connectivity index (χ4n) is 5.05. The van der Waals surface area contributed by atoms with E-state index < -0.39 is 46.3 Å². The highest BCUT2D eigenvalue weighted by molar-refractivity contribution is 6.76. The second-order valence-electron chi connectivity index (χ2n) is 14.6. The molecule has 0 aromatic heterocycles. The van der Waals surface area contributed by atoms with Gasteiger partial charge < -0.3 is 32.8 Å². The van der Waals surface area contributed by atoms with Crippen LogP contribution in [0.2, 0.25) is 43.8 Å². The van der Waals surface area contributed by atoms with Gasteiger partial charge in [0.15, 0.2) is 8.32 Å². The largest absolute Gasteiger partial charge is 0.408 e. The maximum atomic E-state index is 7.07. The van der Waals surface area contributed by atoms with Gasteiger partial charge in [-0.2, -0.15) is 5.10 Å². The lowest BCUT2D eigenvalue weighted by atomic mass is 9.71. The SMILES string of the molecule is COCCN(C)/N=C1\[C@@H]2OC3(C)OC(C2O[Si](C)(C)C(C)(C)C)[C@H](OCOCC[Si](C)(C)C)[C@@]1(CC=C(C)C)O3. The van der Waals surface area contributed by atoms with E-state index >= 15 is 0 Å². The van der Waals surface area contributed by atoms with Crippen molar-refractivity contribution in [2.24, 2.45) is 5.10 Å². The van der Waals surface area contributed by atoms with Crippen molar-refractivity contribution in [3.8, 4) is 0 Å². The first kappa shape index (κ1) is 33.9. The Morgan fingerprint density at radius 3 is 2.35 bits per heavy atom. The van der Waals surface area contributed by atoms with E-state index in [0.717, 1.165) is 11.8 Å². The molecule has 0 aromatic rings. The normalized spacial score (nSPS) is 33.1. The van der Waals surface area contributed by atoms with Gasteiger partial charge in [0.25, 0.3) is 5.97 Å². The molecule has 3 saturated heterocycles. The van der Waals surface area contributed by atoms with Crippen molar-refractivity contribution in [2.75, 3.05) is 40.7 Å². The van der Waals surface area contributed by atoms with Crippen LogP contribution in [0.5, 0.6) is 0 Å². The molecular weight excluding hydrogens is 544 g/mol. The van der Waals surface area contributed by atoms with E-state index in [1.807, 2.05) is 19.0 Å². The molecule has 4 bridgehead atoms. The first-order chi connectivity index (χ1) is 18.3. The molecule has 0 spiro atoms. The molecule has 6 atom stereocenters. The van der Waals surface area contributed by atoms with E-state index in [-0.39, 0.29) is 17.9 Å². The van der Waals surface area contributed by atoms with Crippen LogP contribution >= 0.6 is 0 Å². The van der Waals surface area contributed by atoms with Crippen LogP contribution in [0.3, 0.4) is 0 Å². The first-order valence-electron chi connectivity index (χ1n) is 14.7. The number of hydrogen-bond donors (Lipinski definition) is 0. The van der Waals surface area contributed by atoms with Crippen LogP contribution in [0.1, 0.15) is 48.0 Å². The average molecular weight is 601 g/mol. The van der Waals surface area contributed by atoms with Gasteiger partial charge in [-0.25, -0.2) is 0 Å². The minimum atomic E-state index is -2.22. The predicted molar refractivity (Wildman–Crippen MR) is 164 cm³/mol. The van der Waals surface area contributed by atoms with Gasteiger partial charge in [-0.15, -0.1) is 0 Å².